The third kappa shape index (κ3) is 2.82. The van der Waals surface area contributed by atoms with Crippen LogP contribution in [0.15, 0.2) is 0 Å². The number of urea groups is 1. The fourth-order valence-corrected chi connectivity index (χ4v) is 3.32. The summed E-state index contributed by atoms with van der Waals surface area (Å²) >= 11 is 0. The van der Waals surface area contributed by atoms with Gasteiger partial charge in [0.2, 0.25) is 15.9 Å². The number of nitrogens with zero attached hydrogens (tertiary/aromatic N) is 1. The number of rotatable bonds is 2. The number of sulfonamides is 1. The Morgan fingerprint density at radius 2 is 1.93 bits per heavy atom. The number of nitrogens with two attached hydrogens (primary N) is 2. The van der Waals surface area contributed by atoms with Crippen molar-refractivity contribution in [1.82, 2.24) is 4.31 Å². The number of carbonyl (C=O) groups is 2. The lowest BCUT2D eigenvalue weighted by atomic mass is 10.0. The molecule has 1 unspecified atom stereocenters. The first-order chi connectivity index (χ1) is 6.83. The lowest BCUT2D eigenvalue weighted by Crippen LogP contribution is -2.48. The zero-order valence-electron chi connectivity index (χ0n) is 8.05. The smallest absolute Gasteiger partial charge is 0.328 e. The molecule has 86 valence electrons. The molecule has 0 aromatic rings. The van der Waals surface area contributed by atoms with Crippen LogP contribution in [0.5, 0.6) is 0 Å². The van der Waals surface area contributed by atoms with Crippen LogP contribution in [0.2, 0.25) is 0 Å². The Kier molecular flexibility index (Phi) is 3.18. The summed E-state index contributed by atoms with van der Waals surface area (Å²) in [6, 6.07) is -0.979. The van der Waals surface area contributed by atoms with Crippen molar-refractivity contribution in [2.24, 2.45) is 17.4 Å². The van der Waals surface area contributed by atoms with E-state index < -0.39 is 22.0 Å². The Morgan fingerprint density at radius 1 is 1.33 bits per heavy atom. The maximum atomic E-state index is 11.5. The van der Waals surface area contributed by atoms with Gasteiger partial charge in [0.15, 0.2) is 0 Å². The lowest BCUT2D eigenvalue weighted by molar-refractivity contribution is -0.118. The van der Waals surface area contributed by atoms with Crippen LogP contribution in [0, 0.1) is 5.92 Å². The summed E-state index contributed by atoms with van der Waals surface area (Å²) in [5.41, 5.74) is 9.87. The molecule has 0 spiro atoms. The normalized spacial score (nSPS) is 24.8. The fourth-order valence-electron chi connectivity index (χ4n) is 1.60. The monoisotopic (exact) mass is 235 g/mol. The minimum atomic E-state index is -3.67. The maximum Gasteiger partial charge on any atom is 0.328 e. The molecule has 0 aromatic carbocycles. The van der Waals surface area contributed by atoms with Crippen LogP contribution in [0.1, 0.15) is 12.8 Å². The van der Waals surface area contributed by atoms with E-state index in [2.05, 4.69) is 0 Å². The molecule has 1 fully saturated rings. The van der Waals surface area contributed by atoms with Gasteiger partial charge in [-0.15, -0.1) is 0 Å². The molecule has 0 saturated carbocycles. The molecule has 0 radical (unpaired) electrons. The highest BCUT2D eigenvalue weighted by molar-refractivity contribution is 7.89. The lowest BCUT2D eigenvalue weighted by Gasteiger charge is -2.29. The van der Waals surface area contributed by atoms with Gasteiger partial charge in [-0.25, -0.2) is 17.5 Å². The van der Waals surface area contributed by atoms with E-state index in [-0.39, 0.29) is 24.6 Å². The second-order valence-electron chi connectivity index (χ2n) is 3.51. The summed E-state index contributed by atoms with van der Waals surface area (Å²) < 4.78 is 23.6. The molecule has 0 bridgehead atoms. The van der Waals surface area contributed by atoms with Gasteiger partial charge in [-0.2, -0.15) is 0 Å². The Morgan fingerprint density at radius 3 is 2.33 bits per heavy atom. The van der Waals surface area contributed by atoms with Crippen LogP contribution < -0.4 is 11.5 Å². The van der Waals surface area contributed by atoms with E-state index in [1.165, 1.54) is 0 Å². The van der Waals surface area contributed by atoms with Gasteiger partial charge in [0.1, 0.15) is 0 Å². The van der Waals surface area contributed by atoms with Crippen LogP contribution in [0.3, 0.4) is 0 Å². The van der Waals surface area contributed by atoms with Crippen LogP contribution in [-0.4, -0.2) is 37.0 Å². The van der Waals surface area contributed by atoms with Gasteiger partial charge in [0, 0.05) is 13.0 Å². The van der Waals surface area contributed by atoms with Crippen molar-refractivity contribution >= 4 is 22.0 Å². The van der Waals surface area contributed by atoms with Crippen molar-refractivity contribution in [2.45, 2.75) is 12.8 Å². The van der Waals surface area contributed by atoms with Gasteiger partial charge in [-0.1, -0.05) is 0 Å². The average Bonchev–Trinajstić information content (AvgIpc) is 1.99. The van der Waals surface area contributed by atoms with E-state index in [9.17, 15) is 18.0 Å². The average molecular weight is 235 g/mol. The third-order valence-electron chi connectivity index (χ3n) is 2.26. The molecule has 1 heterocycles. The second kappa shape index (κ2) is 4.05. The molecule has 1 aliphatic rings. The van der Waals surface area contributed by atoms with Crippen molar-refractivity contribution < 1.29 is 18.0 Å². The fraction of sp³-hybridized carbons (Fsp3) is 0.714. The Labute approximate surface area is 87.4 Å². The molecule has 1 saturated heterocycles. The van der Waals surface area contributed by atoms with Gasteiger partial charge >= 0.3 is 6.03 Å². The zero-order chi connectivity index (χ0) is 11.6. The summed E-state index contributed by atoms with van der Waals surface area (Å²) in [5, 5.41) is 0. The molecule has 8 heteroatoms. The Hall–Kier alpha value is -1.31. The second-order valence-corrected chi connectivity index (χ2v) is 5.45. The minimum Gasteiger partial charge on any atom is -0.370 e. The van der Waals surface area contributed by atoms with Crippen LogP contribution in [0.4, 0.5) is 4.79 Å². The molecule has 0 aromatic heterocycles. The van der Waals surface area contributed by atoms with Gasteiger partial charge in [-0.3, -0.25) is 4.79 Å². The van der Waals surface area contributed by atoms with E-state index in [0.717, 1.165) is 0 Å². The number of primary amides is 2. The highest BCUT2D eigenvalue weighted by Crippen LogP contribution is 2.21. The van der Waals surface area contributed by atoms with Crippen molar-refractivity contribution in [3.8, 4) is 0 Å². The topological polar surface area (TPSA) is 124 Å². The van der Waals surface area contributed by atoms with E-state index >= 15 is 0 Å². The molecule has 3 amide bonds. The van der Waals surface area contributed by atoms with E-state index in [4.69, 9.17) is 11.5 Å². The maximum absolute atomic E-state index is 11.5. The van der Waals surface area contributed by atoms with Gasteiger partial charge in [0.05, 0.1) is 5.75 Å². The van der Waals surface area contributed by atoms with Crippen molar-refractivity contribution in [2.75, 3.05) is 12.3 Å². The predicted octanol–water partition coefficient (Wildman–Crippen LogP) is -1.41. The van der Waals surface area contributed by atoms with E-state index in [1.807, 2.05) is 0 Å². The first-order valence-corrected chi connectivity index (χ1v) is 6.02. The van der Waals surface area contributed by atoms with Crippen molar-refractivity contribution in [1.29, 1.82) is 0 Å². The number of hydrogen-bond donors (Lipinski definition) is 2. The van der Waals surface area contributed by atoms with Crippen molar-refractivity contribution in [3.05, 3.63) is 0 Å². The number of carbonyl (C=O) groups excluding carboxylic acids is 2. The standard InChI is InChI=1S/C7H13N3O4S/c8-6(11)3-5-1-2-10(7(9)12)15(13,14)4-5/h5H,1-4H2,(H2,8,11)(H2,9,12). The summed E-state index contributed by atoms with van der Waals surface area (Å²) in [4.78, 5) is 21.4. The van der Waals surface area contributed by atoms with E-state index in [0.29, 0.717) is 10.7 Å². The van der Waals surface area contributed by atoms with Gasteiger partial charge in [-0.05, 0) is 12.3 Å². The molecule has 1 atom stereocenters. The summed E-state index contributed by atoms with van der Waals surface area (Å²) in [5.74, 6) is -1.11. The number of amides is 3. The first kappa shape index (κ1) is 11.8. The highest BCUT2D eigenvalue weighted by atomic mass is 32.2. The molecular weight excluding hydrogens is 222 g/mol. The Bertz CT molecular complexity index is 378. The van der Waals surface area contributed by atoms with Crippen LogP contribution in [-0.2, 0) is 14.8 Å². The first-order valence-electron chi connectivity index (χ1n) is 4.41. The molecule has 4 N–H and O–H groups in total. The third-order valence-corrected chi connectivity index (χ3v) is 4.18. The van der Waals surface area contributed by atoms with Gasteiger partial charge < -0.3 is 11.5 Å². The summed E-state index contributed by atoms with van der Waals surface area (Å²) in [6.45, 7) is 0.0234. The molecular formula is C7H13N3O4S. The van der Waals surface area contributed by atoms with Crippen LogP contribution in [0.25, 0.3) is 0 Å². The predicted molar refractivity (Wildman–Crippen MR) is 52.0 cm³/mol. The molecule has 1 rings (SSSR count). The summed E-state index contributed by atoms with van der Waals surface area (Å²) in [6.07, 6.45) is 0.441. The Balaban J connectivity index is 2.73. The zero-order valence-corrected chi connectivity index (χ0v) is 8.87. The van der Waals surface area contributed by atoms with E-state index in [1.54, 1.807) is 0 Å². The largest absolute Gasteiger partial charge is 0.370 e. The highest BCUT2D eigenvalue weighted by Gasteiger charge is 2.34. The minimum absolute atomic E-state index is 0.0197. The molecule has 15 heavy (non-hydrogen) atoms. The van der Waals surface area contributed by atoms with Crippen molar-refractivity contribution in [3.63, 3.8) is 0 Å². The number of hydrogen-bond acceptors (Lipinski definition) is 4. The van der Waals surface area contributed by atoms with Gasteiger partial charge in [0.25, 0.3) is 0 Å². The SMILES string of the molecule is NC(=O)CC1CCN(C(N)=O)S(=O)(=O)C1. The van der Waals surface area contributed by atoms with Crippen LogP contribution >= 0.6 is 0 Å². The quantitative estimate of drug-likeness (QED) is 0.610. The molecule has 7 nitrogen and oxygen atoms in total. The summed E-state index contributed by atoms with van der Waals surface area (Å²) in [7, 11) is -3.67. The molecule has 0 aliphatic carbocycles. The molecule has 1 aliphatic heterocycles.